The smallest absolute Gasteiger partial charge is 0.130 e. The third-order valence-corrected chi connectivity index (χ3v) is 7.11. The predicted octanol–water partition coefficient (Wildman–Crippen LogP) is 6.88. The maximum absolute atomic E-state index is 11.1. The topological polar surface area (TPSA) is 17.1 Å². The molecule has 24 heavy (non-hydrogen) atoms. The molecule has 1 saturated carbocycles. The van der Waals surface area contributed by atoms with Crippen LogP contribution in [0.25, 0.3) is 0 Å². The van der Waals surface area contributed by atoms with Gasteiger partial charge in [0.1, 0.15) is 5.78 Å². The minimum Gasteiger partial charge on any atom is -0.300 e. The monoisotopic (exact) mass is 330 g/mol. The van der Waals surface area contributed by atoms with Gasteiger partial charge in [0.15, 0.2) is 0 Å². The van der Waals surface area contributed by atoms with Crippen molar-refractivity contribution in [1.29, 1.82) is 0 Å². The van der Waals surface area contributed by atoms with Gasteiger partial charge in [0.05, 0.1) is 0 Å². The molecule has 1 fully saturated rings. The average Bonchev–Trinajstić information content (AvgIpc) is 2.45. The number of hydrogen-bond donors (Lipinski definition) is 0. The zero-order chi connectivity index (χ0) is 18.0. The maximum atomic E-state index is 11.1. The number of Topliss-reactive ketones (excluding diaryl/α,β-unsaturated/α-hetero) is 1. The van der Waals surface area contributed by atoms with Gasteiger partial charge in [-0.05, 0) is 82.0 Å². The van der Waals surface area contributed by atoms with Crippen molar-refractivity contribution in [1.82, 2.24) is 0 Å². The molecule has 0 saturated heterocycles. The van der Waals surface area contributed by atoms with E-state index in [-0.39, 0.29) is 0 Å². The zero-order valence-electron chi connectivity index (χ0n) is 16.9. The molecule has 2 rings (SSSR count). The highest BCUT2D eigenvalue weighted by Crippen LogP contribution is 2.60. The summed E-state index contributed by atoms with van der Waals surface area (Å²) in [7, 11) is 0. The largest absolute Gasteiger partial charge is 0.300 e. The van der Waals surface area contributed by atoms with E-state index in [0.29, 0.717) is 23.0 Å². The van der Waals surface area contributed by atoms with E-state index in [0.717, 1.165) is 18.3 Å². The van der Waals surface area contributed by atoms with Crippen molar-refractivity contribution >= 4 is 5.78 Å². The number of carbonyl (C=O) groups excluding carboxylic acids is 1. The quantitative estimate of drug-likeness (QED) is 0.485. The molecule has 0 spiro atoms. The van der Waals surface area contributed by atoms with Gasteiger partial charge in [0, 0.05) is 6.42 Å². The van der Waals surface area contributed by atoms with Gasteiger partial charge in [-0.2, -0.15) is 0 Å². The molecule has 0 unspecified atom stereocenters. The number of allylic oxidation sites excluding steroid dienone is 4. The molecule has 0 heterocycles. The molecule has 0 aliphatic heterocycles. The van der Waals surface area contributed by atoms with Crippen molar-refractivity contribution in [2.24, 2.45) is 22.7 Å². The van der Waals surface area contributed by atoms with E-state index >= 15 is 0 Å². The summed E-state index contributed by atoms with van der Waals surface area (Å²) in [4.78, 5) is 11.1. The Morgan fingerprint density at radius 2 is 1.92 bits per heavy atom. The Morgan fingerprint density at radius 3 is 2.58 bits per heavy atom. The summed E-state index contributed by atoms with van der Waals surface area (Å²) in [5, 5.41) is 0. The molecule has 3 atom stereocenters. The second-order valence-electron chi connectivity index (χ2n) is 9.47. The van der Waals surface area contributed by atoms with Crippen LogP contribution in [-0.4, -0.2) is 5.78 Å². The van der Waals surface area contributed by atoms with Crippen LogP contribution in [0, 0.1) is 22.7 Å². The first-order chi connectivity index (χ1) is 11.2. The first-order valence-electron chi connectivity index (χ1n) is 9.98. The Bertz CT molecular complexity index is 522. The minimum absolute atomic E-state index is 0.296. The number of rotatable bonds is 6. The van der Waals surface area contributed by atoms with Crippen molar-refractivity contribution in [2.75, 3.05) is 0 Å². The average molecular weight is 331 g/mol. The van der Waals surface area contributed by atoms with Gasteiger partial charge < -0.3 is 4.79 Å². The lowest BCUT2D eigenvalue weighted by molar-refractivity contribution is -0.116. The van der Waals surface area contributed by atoms with Gasteiger partial charge in [-0.25, -0.2) is 0 Å². The predicted molar refractivity (Wildman–Crippen MR) is 104 cm³/mol. The number of ketones is 1. The molecule has 1 nitrogen and oxygen atoms in total. The standard InChI is InChI=1S/C23H38O/c1-17(9-7-10-19(3)24)11-13-20-18(2)12-14-21-22(4,5)15-8-16-23(20,21)6/h9,12,20-21H,7-8,10-11,13-16H2,1-6H3/t20-,21-,23+/m0/s1. The van der Waals surface area contributed by atoms with Gasteiger partial charge in [-0.15, -0.1) is 0 Å². The third kappa shape index (κ3) is 4.21. The highest BCUT2D eigenvalue weighted by Gasteiger charge is 2.51. The highest BCUT2D eigenvalue weighted by atomic mass is 16.1. The molecule has 0 aromatic carbocycles. The lowest BCUT2D eigenvalue weighted by Crippen LogP contribution is -2.48. The molecular formula is C23H38O. The van der Waals surface area contributed by atoms with Crippen molar-refractivity contribution in [3.8, 4) is 0 Å². The summed E-state index contributed by atoms with van der Waals surface area (Å²) < 4.78 is 0. The SMILES string of the molecule is CC(=O)CCC=C(C)CC[C@H]1C(C)=CC[C@H]2C(C)(C)CCC[C@]12C. The number of hydrogen-bond acceptors (Lipinski definition) is 1. The summed E-state index contributed by atoms with van der Waals surface area (Å²) in [6, 6.07) is 0. The van der Waals surface area contributed by atoms with Crippen LogP contribution in [0.4, 0.5) is 0 Å². The molecule has 1 heteroatoms. The summed E-state index contributed by atoms with van der Waals surface area (Å²) in [5.74, 6) is 1.85. The van der Waals surface area contributed by atoms with Crippen LogP contribution < -0.4 is 0 Å². The number of fused-ring (bicyclic) bond motifs is 1. The van der Waals surface area contributed by atoms with Gasteiger partial charge >= 0.3 is 0 Å². The molecule has 0 radical (unpaired) electrons. The summed E-state index contributed by atoms with van der Waals surface area (Å²) in [5.41, 5.74) is 4.04. The molecule has 136 valence electrons. The van der Waals surface area contributed by atoms with Crippen LogP contribution in [0.3, 0.4) is 0 Å². The van der Waals surface area contributed by atoms with Crippen molar-refractivity contribution in [3.63, 3.8) is 0 Å². The Morgan fingerprint density at radius 1 is 1.21 bits per heavy atom. The Kier molecular flexibility index (Phi) is 6.15. The van der Waals surface area contributed by atoms with Crippen LogP contribution >= 0.6 is 0 Å². The fourth-order valence-electron chi connectivity index (χ4n) is 5.69. The Labute approximate surface area is 150 Å². The van der Waals surface area contributed by atoms with E-state index in [1.165, 1.54) is 44.1 Å². The lowest BCUT2D eigenvalue weighted by Gasteiger charge is -2.57. The van der Waals surface area contributed by atoms with E-state index in [2.05, 4.69) is 46.8 Å². The molecule has 0 bridgehead atoms. The minimum atomic E-state index is 0.296. The van der Waals surface area contributed by atoms with E-state index < -0.39 is 0 Å². The van der Waals surface area contributed by atoms with Crippen molar-refractivity contribution in [2.45, 2.75) is 92.9 Å². The number of carbonyl (C=O) groups is 1. The lowest BCUT2D eigenvalue weighted by atomic mass is 9.48. The molecule has 0 aromatic heterocycles. The van der Waals surface area contributed by atoms with E-state index in [9.17, 15) is 4.79 Å². The van der Waals surface area contributed by atoms with E-state index in [1.54, 1.807) is 12.5 Å². The van der Waals surface area contributed by atoms with Crippen LogP contribution in [-0.2, 0) is 4.79 Å². The van der Waals surface area contributed by atoms with Crippen LogP contribution in [0.5, 0.6) is 0 Å². The molecule has 0 N–H and O–H groups in total. The van der Waals surface area contributed by atoms with Gasteiger partial charge in [0.2, 0.25) is 0 Å². The third-order valence-electron chi connectivity index (χ3n) is 7.11. The maximum Gasteiger partial charge on any atom is 0.130 e. The van der Waals surface area contributed by atoms with E-state index in [1.807, 2.05) is 0 Å². The van der Waals surface area contributed by atoms with Crippen molar-refractivity contribution < 1.29 is 4.79 Å². The summed E-state index contributed by atoms with van der Waals surface area (Å²) >= 11 is 0. The van der Waals surface area contributed by atoms with Gasteiger partial charge in [-0.1, -0.05) is 50.5 Å². The molecular weight excluding hydrogens is 292 g/mol. The first-order valence-corrected chi connectivity index (χ1v) is 9.98. The highest BCUT2D eigenvalue weighted by molar-refractivity contribution is 5.75. The van der Waals surface area contributed by atoms with Crippen LogP contribution in [0.15, 0.2) is 23.3 Å². The zero-order valence-corrected chi connectivity index (χ0v) is 16.9. The van der Waals surface area contributed by atoms with Crippen LogP contribution in [0.2, 0.25) is 0 Å². The normalized spacial score (nSPS) is 32.9. The summed E-state index contributed by atoms with van der Waals surface area (Å²) in [6.07, 6.45) is 14.3. The second-order valence-corrected chi connectivity index (χ2v) is 9.47. The summed E-state index contributed by atoms with van der Waals surface area (Å²) in [6.45, 7) is 13.9. The molecule has 0 aromatic rings. The Hall–Kier alpha value is -0.850. The fourth-order valence-corrected chi connectivity index (χ4v) is 5.69. The first kappa shape index (κ1) is 19.5. The molecule has 2 aliphatic carbocycles. The molecule has 0 amide bonds. The van der Waals surface area contributed by atoms with Crippen molar-refractivity contribution in [3.05, 3.63) is 23.3 Å². The second kappa shape index (κ2) is 7.58. The fraction of sp³-hybridized carbons (Fsp3) is 0.783. The Balaban J connectivity index is 2.06. The van der Waals surface area contributed by atoms with Gasteiger partial charge in [-0.3, -0.25) is 0 Å². The van der Waals surface area contributed by atoms with Gasteiger partial charge in [0.25, 0.3) is 0 Å². The molecule has 2 aliphatic rings. The van der Waals surface area contributed by atoms with E-state index in [4.69, 9.17) is 0 Å². The van der Waals surface area contributed by atoms with Crippen LogP contribution in [0.1, 0.15) is 92.9 Å².